The molecule has 1 amide bonds. The van der Waals surface area contributed by atoms with Crippen LogP contribution in [0.4, 0.5) is 11.4 Å². The fourth-order valence-electron chi connectivity index (χ4n) is 1.97. The van der Waals surface area contributed by atoms with Gasteiger partial charge in [-0.05, 0) is 30.3 Å². The molecule has 0 radical (unpaired) electrons. The van der Waals surface area contributed by atoms with Crippen molar-refractivity contribution in [3.63, 3.8) is 0 Å². The van der Waals surface area contributed by atoms with Gasteiger partial charge in [-0.1, -0.05) is 23.7 Å². The molecular formula is C17H15ClN2O5S. The van der Waals surface area contributed by atoms with Gasteiger partial charge in [0.25, 0.3) is 5.69 Å². The minimum absolute atomic E-state index is 0.0331. The fraction of sp³-hybridized carbons (Fsp3) is 0.176. The summed E-state index contributed by atoms with van der Waals surface area (Å²) in [7, 11) is 0. The van der Waals surface area contributed by atoms with Crippen molar-refractivity contribution >= 4 is 46.6 Å². The second-order valence-electron chi connectivity index (χ2n) is 5.09. The monoisotopic (exact) mass is 394 g/mol. The van der Waals surface area contributed by atoms with Crippen LogP contribution in [0.25, 0.3) is 0 Å². The maximum Gasteiger partial charge on any atom is 0.316 e. The van der Waals surface area contributed by atoms with E-state index < -0.39 is 10.9 Å². The Morgan fingerprint density at radius 1 is 1.12 bits per heavy atom. The van der Waals surface area contributed by atoms with Gasteiger partial charge in [0.1, 0.15) is 6.61 Å². The maximum absolute atomic E-state index is 11.8. The van der Waals surface area contributed by atoms with Crippen molar-refractivity contribution in [3.05, 3.63) is 69.2 Å². The number of hydrogen-bond acceptors (Lipinski definition) is 6. The Labute approximate surface area is 158 Å². The minimum Gasteiger partial charge on any atom is -0.460 e. The van der Waals surface area contributed by atoms with Crippen LogP contribution in [0.15, 0.2) is 48.5 Å². The summed E-state index contributed by atoms with van der Waals surface area (Å²) >= 11 is 6.85. The number of nitrogens with zero attached hydrogens (tertiary/aromatic N) is 1. The molecule has 0 aliphatic rings. The summed E-state index contributed by atoms with van der Waals surface area (Å²) in [6.45, 7) is -0.187. The third kappa shape index (κ3) is 6.38. The molecule has 7 nitrogen and oxygen atoms in total. The van der Waals surface area contributed by atoms with Crippen molar-refractivity contribution < 1.29 is 19.2 Å². The molecule has 0 aliphatic heterocycles. The molecule has 0 saturated carbocycles. The van der Waals surface area contributed by atoms with Crippen LogP contribution in [0.3, 0.4) is 0 Å². The highest BCUT2D eigenvalue weighted by Crippen LogP contribution is 2.19. The number of anilines is 1. The van der Waals surface area contributed by atoms with E-state index in [1.165, 1.54) is 12.1 Å². The van der Waals surface area contributed by atoms with E-state index in [1.807, 2.05) is 0 Å². The zero-order valence-corrected chi connectivity index (χ0v) is 15.1. The maximum atomic E-state index is 11.8. The number of halogens is 1. The van der Waals surface area contributed by atoms with Gasteiger partial charge < -0.3 is 10.1 Å². The quantitative estimate of drug-likeness (QED) is 0.416. The van der Waals surface area contributed by atoms with E-state index in [4.69, 9.17) is 16.3 Å². The van der Waals surface area contributed by atoms with Crippen LogP contribution < -0.4 is 5.32 Å². The van der Waals surface area contributed by atoms with Crippen molar-refractivity contribution in [2.45, 2.75) is 6.61 Å². The van der Waals surface area contributed by atoms with Crippen LogP contribution in [0.1, 0.15) is 5.56 Å². The number of nitrogens with one attached hydrogen (secondary N) is 1. The summed E-state index contributed by atoms with van der Waals surface area (Å²) in [5, 5.41) is 14.1. The topological polar surface area (TPSA) is 98.5 Å². The van der Waals surface area contributed by atoms with Gasteiger partial charge in [0.2, 0.25) is 5.91 Å². The zero-order valence-electron chi connectivity index (χ0n) is 13.5. The normalized spacial score (nSPS) is 10.2. The second-order valence-corrected chi connectivity index (χ2v) is 6.52. The van der Waals surface area contributed by atoms with Crippen LogP contribution in [0, 0.1) is 10.1 Å². The van der Waals surface area contributed by atoms with Crippen molar-refractivity contribution in [1.82, 2.24) is 0 Å². The molecule has 1 N–H and O–H groups in total. The number of carbonyl (C=O) groups is 2. The average molecular weight is 395 g/mol. The van der Waals surface area contributed by atoms with E-state index in [9.17, 15) is 19.7 Å². The highest BCUT2D eigenvalue weighted by Gasteiger charge is 2.14. The van der Waals surface area contributed by atoms with Crippen molar-refractivity contribution in [2.75, 3.05) is 16.8 Å². The van der Waals surface area contributed by atoms with Crippen molar-refractivity contribution in [3.8, 4) is 0 Å². The number of esters is 1. The SMILES string of the molecule is O=C(CSCC(=O)OCc1ccccc1[N+](=O)[O-])Nc1ccc(Cl)cc1. The van der Waals surface area contributed by atoms with Crippen LogP contribution in [0.5, 0.6) is 0 Å². The number of ether oxygens (including phenoxy) is 1. The average Bonchev–Trinajstić information content (AvgIpc) is 2.62. The molecule has 0 saturated heterocycles. The third-order valence-electron chi connectivity index (χ3n) is 3.16. The molecule has 136 valence electrons. The number of hydrogen-bond donors (Lipinski definition) is 1. The first-order valence-corrected chi connectivity index (χ1v) is 9.00. The predicted molar refractivity (Wildman–Crippen MR) is 100 cm³/mol. The molecule has 0 heterocycles. The molecule has 2 aromatic carbocycles. The first-order valence-electron chi connectivity index (χ1n) is 7.47. The lowest BCUT2D eigenvalue weighted by atomic mass is 10.2. The molecular weight excluding hydrogens is 380 g/mol. The predicted octanol–water partition coefficient (Wildman–Crippen LogP) is 3.66. The molecule has 0 spiro atoms. The highest BCUT2D eigenvalue weighted by atomic mass is 35.5. The number of thioether (sulfide) groups is 1. The number of carbonyl (C=O) groups excluding carboxylic acids is 2. The lowest BCUT2D eigenvalue weighted by Gasteiger charge is -2.06. The molecule has 26 heavy (non-hydrogen) atoms. The second kappa shape index (κ2) is 9.79. The molecule has 2 rings (SSSR count). The van der Waals surface area contributed by atoms with Gasteiger partial charge in [0.05, 0.1) is 22.0 Å². The lowest BCUT2D eigenvalue weighted by Crippen LogP contribution is -2.16. The van der Waals surface area contributed by atoms with Crippen LogP contribution in [-0.2, 0) is 20.9 Å². The minimum atomic E-state index is -0.549. The summed E-state index contributed by atoms with van der Waals surface area (Å²) in [6.07, 6.45) is 0. The Hall–Kier alpha value is -2.58. The Kier molecular flexibility index (Phi) is 7.43. The highest BCUT2D eigenvalue weighted by molar-refractivity contribution is 8.00. The Morgan fingerprint density at radius 3 is 2.50 bits per heavy atom. The summed E-state index contributed by atoms with van der Waals surface area (Å²) < 4.78 is 5.02. The molecule has 0 aromatic heterocycles. The fourth-order valence-corrected chi connectivity index (χ4v) is 2.70. The molecule has 0 fully saturated rings. The number of benzene rings is 2. The number of para-hydroxylation sites is 1. The molecule has 0 unspecified atom stereocenters. The van der Waals surface area contributed by atoms with Gasteiger partial charge in [0, 0.05) is 16.8 Å². The summed E-state index contributed by atoms with van der Waals surface area (Å²) in [5.74, 6) is -0.769. The number of nitro benzene ring substituents is 1. The zero-order chi connectivity index (χ0) is 18.9. The van der Waals surface area contributed by atoms with E-state index in [1.54, 1.807) is 36.4 Å². The van der Waals surface area contributed by atoms with Gasteiger partial charge in [0.15, 0.2) is 0 Å². The summed E-state index contributed by atoms with van der Waals surface area (Å²) in [4.78, 5) is 33.9. The number of amides is 1. The largest absolute Gasteiger partial charge is 0.460 e. The number of rotatable bonds is 8. The van der Waals surface area contributed by atoms with Gasteiger partial charge in [-0.25, -0.2) is 0 Å². The summed E-state index contributed by atoms with van der Waals surface area (Å²) in [5.41, 5.74) is 0.825. The molecule has 0 bridgehead atoms. The lowest BCUT2D eigenvalue weighted by molar-refractivity contribution is -0.385. The molecule has 9 heteroatoms. The number of nitro groups is 1. The van der Waals surface area contributed by atoms with Gasteiger partial charge in [-0.2, -0.15) is 0 Å². The van der Waals surface area contributed by atoms with Gasteiger partial charge in [-0.3, -0.25) is 19.7 Å². The molecule has 0 atom stereocenters. The van der Waals surface area contributed by atoms with Gasteiger partial charge >= 0.3 is 5.97 Å². The third-order valence-corrected chi connectivity index (χ3v) is 4.32. The summed E-state index contributed by atoms with van der Waals surface area (Å²) in [6, 6.07) is 12.7. The van der Waals surface area contributed by atoms with E-state index in [0.717, 1.165) is 11.8 Å². The first kappa shape index (κ1) is 19.7. The van der Waals surface area contributed by atoms with E-state index >= 15 is 0 Å². The van der Waals surface area contributed by atoms with Gasteiger partial charge in [-0.15, -0.1) is 11.8 Å². The van der Waals surface area contributed by atoms with E-state index in [2.05, 4.69) is 5.32 Å². The first-order chi connectivity index (χ1) is 12.5. The van der Waals surface area contributed by atoms with Crippen LogP contribution in [-0.4, -0.2) is 28.3 Å². The van der Waals surface area contributed by atoms with Crippen molar-refractivity contribution in [2.24, 2.45) is 0 Å². The van der Waals surface area contributed by atoms with Crippen LogP contribution in [0.2, 0.25) is 5.02 Å². The standard InChI is InChI=1S/C17H15ClN2O5S/c18-13-5-7-14(8-6-13)19-16(21)10-26-11-17(22)25-9-12-3-1-2-4-15(12)20(23)24/h1-8H,9-11H2,(H,19,21). The van der Waals surface area contributed by atoms with E-state index in [0.29, 0.717) is 16.3 Å². The Bertz CT molecular complexity index is 798. The Balaban J connectivity index is 1.71. The smallest absolute Gasteiger partial charge is 0.316 e. The Morgan fingerprint density at radius 2 is 1.81 bits per heavy atom. The molecule has 2 aromatic rings. The van der Waals surface area contributed by atoms with E-state index in [-0.39, 0.29) is 29.7 Å². The van der Waals surface area contributed by atoms with Crippen LogP contribution >= 0.6 is 23.4 Å². The molecule has 0 aliphatic carbocycles. The van der Waals surface area contributed by atoms with Crippen molar-refractivity contribution in [1.29, 1.82) is 0 Å².